The zero-order valence-electron chi connectivity index (χ0n) is 9.47. The first-order valence-electron chi connectivity index (χ1n) is 5.46. The molecule has 0 amide bonds. The molecule has 4 nitrogen and oxygen atoms in total. The fourth-order valence-corrected chi connectivity index (χ4v) is 2.04. The number of nitrogens with one attached hydrogen (secondary N) is 1. The van der Waals surface area contributed by atoms with Gasteiger partial charge in [-0.3, -0.25) is 9.78 Å². The van der Waals surface area contributed by atoms with E-state index >= 15 is 0 Å². The van der Waals surface area contributed by atoms with E-state index in [-0.39, 0.29) is 6.47 Å². The summed E-state index contributed by atoms with van der Waals surface area (Å²) in [5.41, 5.74) is 1.41. The lowest BCUT2D eigenvalue weighted by atomic mass is 9.98. The number of pyridine rings is 1. The highest BCUT2D eigenvalue weighted by molar-refractivity contribution is 5.32. The Balaban J connectivity index is 0.000000386. The average molecular weight is 222 g/mol. The summed E-state index contributed by atoms with van der Waals surface area (Å²) in [4.78, 5) is 12.4. The molecule has 4 heteroatoms. The maximum Gasteiger partial charge on any atom is 0.290 e. The molecule has 0 spiro atoms. The second-order valence-electron chi connectivity index (χ2n) is 4.08. The summed E-state index contributed by atoms with van der Waals surface area (Å²) in [6, 6.07) is 4.93. The van der Waals surface area contributed by atoms with Crippen LogP contribution in [0.15, 0.2) is 24.5 Å². The van der Waals surface area contributed by atoms with Crippen LogP contribution < -0.4 is 5.32 Å². The second kappa shape index (κ2) is 6.95. The van der Waals surface area contributed by atoms with E-state index in [0.717, 1.165) is 5.92 Å². The van der Waals surface area contributed by atoms with E-state index in [0.29, 0.717) is 6.04 Å². The Morgan fingerprint density at radius 1 is 1.56 bits per heavy atom. The summed E-state index contributed by atoms with van der Waals surface area (Å²) in [5.74, 6) is 0.817. The van der Waals surface area contributed by atoms with Crippen LogP contribution in [0.25, 0.3) is 0 Å². The van der Waals surface area contributed by atoms with Crippen LogP contribution in [0.1, 0.15) is 18.9 Å². The largest absolute Gasteiger partial charge is 0.483 e. The van der Waals surface area contributed by atoms with Gasteiger partial charge in [0.2, 0.25) is 0 Å². The van der Waals surface area contributed by atoms with Gasteiger partial charge >= 0.3 is 0 Å². The Hall–Kier alpha value is -1.42. The van der Waals surface area contributed by atoms with Crippen molar-refractivity contribution in [2.24, 2.45) is 5.92 Å². The molecule has 0 radical (unpaired) electrons. The van der Waals surface area contributed by atoms with Crippen molar-refractivity contribution >= 4 is 6.47 Å². The van der Waals surface area contributed by atoms with Gasteiger partial charge in [-0.25, -0.2) is 0 Å². The first-order valence-corrected chi connectivity index (χ1v) is 5.46. The lowest BCUT2D eigenvalue weighted by molar-refractivity contribution is -0.122. The summed E-state index contributed by atoms with van der Waals surface area (Å²) in [5, 5.41) is 10.4. The Morgan fingerprint density at radius 2 is 2.19 bits per heavy atom. The fourth-order valence-electron chi connectivity index (χ4n) is 2.04. The van der Waals surface area contributed by atoms with E-state index in [1.54, 1.807) is 0 Å². The normalized spacial score (nSPS) is 23.3. The van der Waals surface area contributed by atoms with Crippen LogP contribution in [-0.4, -0.2) is 29.1 Å². The van der Waals surface area contributed by atoms with Crippen molar-refractivity contribution in [1.29, 1.82) is 0 Å². The van der Waals surface area contributed by atoms with Crippen molar-refractivity contribution in [2.75, 3.05) is 6.54 Å². The maximum absolute atomic E-state index is 8.36. The maximum atomic E-state index is 8.36. The molecule has 1 aliphatic rings. The summed E-state index contributed by atoms with van der Waals surface area (Å²) >= 11 is 0. The summed E-state index contributed by atoms with van der Waals surface area (Å²) < 4.78 is 0. The average Bonchev–Trinajstić information content (AvgIpc) is 2.67. The smallest absolute Gasteiger partial charge is 0.290 e. The third-order valence-corrected chi connectivity index (χ3v) is 2.72. The minimum Gasteiger partial charge on any atom is -0.483 e. The highest BCUT2D eigenvalue weighted by Crippen LogP contribution is 2.18. The lowest BCUT2D eigenvalue weighted by Gasteiger charge is -2.07. The third-order valence-electron chi connectivity index (χ3n) is 2.72. The van der Waals surface area contributed by atoms with Gasteiger partial charge in [-0.2, -0.15) is 0 Å². The van der Waals surface area contributed by atoms with Crippen molar-refractivity contribution < 1.29 is 9.90 Å². The first-order chi connectivity index (χ1) is 7.76. The molecule has 0 unspecified atom stereocenters. The first kappa shape index (κ1) is 12.6. The molecule has 0 aromatic carbocycles. The molecule has 1 saturated heterocycles. The highest BCUT2D eigenvalue weighted by Gasteiger charge is 2.20. The van der Waals surface area contributed by atoms with Crippen LogP contribution in [-0.2, 0) is 11.2 Å². The second-order valence-corrected chi connectivity index (χ2v) is 4.08. The van der Waals surface area contributed by atoms with Crippen LogP contribution in [0.3, 0.4) is 0 Å². The lowest BCUT2D eigenvalue weighted by Crippen LogP contribution is -2.17. The molecular formula is C12H18N2O2. The van der Waals surface area contributed by atoms with E-state index in [2.05, 4.69) is 29.4 Å². The van der Waals surface area contributed by atoms with Crippen LogP contribution in [0.5, 0.6) is 0 Å². The van der Waals surface area contributed by atoms with Gasteiger partial charge < -0.3 is 10.4 Å². The molecule has 1 aliphatic heterocycles. The van der Waals surface area contributed by atoms with Crippen molar-refractivity contribution in [2.45, 2.75) is 25.8 Å². The van der Waals surface area contributed by atoms with Crippen molar-refractivity contribution in [3.05, 3.63) is 30.1 Å². The van der Waals surface area contributed by atoms with Gasteiger partial charge in [-0.1, -0.05) is 0 Å². The molecule has 88 valence electrons. The van der Waals surface area contributed by atoms with Gasteiger partial charge in [0, 0.05) is 18.4 Å². The van der Waals surface area contributed by atoms with Crippen molar-refractivity contribution in [3.8, 4) is 0 Å². The minimum absolute atomic E-state index is 0.250. The van der Waals surface area contributed by atoms with E-state index in [9.17, 15) is 0 Å². The van der Waals surface area contributed by atoms with E-state index < -0.39 is 0 Å². The number of hydrogen-bond donors (Lipinski definition) is 2. The van der Waals surface area contributed by atoms with Gasteiger partial charge in [0.1, 0.15) is 0 Å². The molecule has 0 saturated carbocycles. The molecular weight excluding hydrogens is 204 g/mol. The van der Waals surface area contributed by atoms with Gasteiger partial charge in [-0.15, -0.1) is 0 Å². The Labute approximate surface area is 95.7 Å². The van der Waals surface area contributed by atoms with Gasteiger partial charge in [-0.05, 0) is 49.9 Å². The quantitative estimate of drug-likeness (QED) is 0.741. The molecule has 2 heterocycles. The number of rotatable bonds is 2. The van der Waals surface area contributed by atoms with Crippen LogP contribution in [0.4, 0.5) is 0 Å². The minimum atomic E-state index is -0.250. The molecule has 2 N–H and O–H groups in total. The predicted octanol–water partition coefficient (Wildman–Crippen LogP) is 1.32. The Bertz CT molecular complexity index is 303. The van der Waals surface area contributed by atoms with Crippen LogP contribution in [0, 0.1) is 5.92 Å². The van der Waals surface area contributed by atoms with Crippen LogP contribution in [0.2, 0.25) is 0 Å². The van der Waals surface area contributed by atoms with Crippen molar-refractivity contribution in [1.82, 2.24) is 10.3 Å². The molecule has 0 aliphatic carbocycles. The zero-order valence-corrected chi connectivity index (χ0v) is 9.47. The topological polar surface area (TPSA) is 62.2 Å². The van der Waals surface area contributed by atoms with Gasteiger partial charge in [0.25, 0.3) is 6.47 Å². The number of nitrogens with zero attached hydrogens (tertiary/aromatic N) is 1. The summed E-state index contributed by atoms with van der Waals surface area (Å²) in [6.07, 6.45) is 6.25. The predicted molar refractivity (Wildman–Crippen MR) is 62.2 cm³/mol. The van der Waals surface area contributed by atoms with Gasteiger partial charge in [0.15, 0.2) is 0 Å². The number of carboxylic acid groups (broad SMARTS) is 1. The molecule has 0 bridgehead atoms. The Kier molecular flexibility index (Phi) is 5.50. The number of hydrogen-bond acceptors (Lipinski definition) is 3. The number of carbonyl (C=O) groups is 1. The number of aromatic nitrogens is 1. The molecule has 16 heavy (non-hydrogen) atoms. The third kappa shape index (κ3) is 4.40. The molecule has 1 aromatic rings. The molecule has 1 fully saturated rings. The standard InChI is InChI=1S/C11H16N2.CH2O2/c1-9-6-11(8-13-9)7-10-2-4-12-5-3-10;2-1-3/h2-5,9,11,13H,6-8H2,1H3;1H,(H,2,3)/t9-,11-;/m0./s1. The van der Waals surface area contributed by atoms with Gasteiger partial charge in [0.05, 0.1) is 0 Å². The van der Waals surface area contributed by atoms with Crippen LogP contribution >= 0.6 is 0 Å². The molecule has 1 aromatic heterocycles. The summed E-state index contributed by atoms with van der Waals surface area (Å²) in [7, 11) is 0. The SMILES string of the molecule is C[C@H]1C[C@@H](Cc2ccncc2)CN1.O=CO. The fraction of sp³-hybridized carbons (Fsp3) is 0.500. The molecule has 2 rings (SSSR count). The van der Waals surface area contributed by atoms with E-state index in [4.69, 9.17) is 9.90 Å². The summed E-state index contributed by atoms with van der Waals surface area (Å²) in [6.45, 7) is 3.18. The molecule has 2 atom stereocenters. The van der Waals surface area contributed by atoms with Crippen molar-refractivity contribution in [3.63, 3.8) is 0 Å². The Morgan fingerprint density at radius 3 is 2.69 bits per heavy atom. The monoisotopic (exact) mass is 222 g/mol. The zero-order chi connectivity index (χ0) is 11.8. The van der Waals surface area contributed by atoms with E-state index in [1.807, 2.05) is 12.4 Å². The highest BCUT2D eigenvalue weighted by atomic mass is 16.3. The van der Waals surface area contributed by atoms with E-state index in [1.165, 1.54) is 24.9 Å².